The van der Waals surface area contributed by atoms with Crippen molar-refractivity contribution in [2.45, 2.75) is 25.7 Å². The zero-order valence-corrected chi connectivity index (χ0v) is 23.2. The lowest BCUT2D eigenvalue weighted by Crippen LogP contribution is -1.98. The first-order valence-electron chi connectivity index (χ1n) is 13.1. The molecule has 1 aliphatic carbocycles. The van der Waals surface area contributed by atoms with E-state index in [4.69, 9.17) is 9.47 Å². The van der Waals surface area contributed by atoms with Crippen molar-refractivity contribution in [3.8, 4) is 33.8 Å². The zero-order chi connectivity index (χ0) is 25.6. The number of aryl methyl sites for hydroxylation is 4. The summed E-state index contributed by atoms with van der Waals surface area (Å²) in [6.07, 6.45) is 4.22. The van der Waals surface area contributed by atoms with Gasteiger partial charge in [0.15, 0.2) is 0 Å². The lowest BCUT2D eigenvalue weighted by molar-refractivity contribution is 0.414. The highest BCUT2D eigenvalue weighted by Crippen LogP contribution is 2.56. The summed E-state index contributed by atoms with van der Waals surface area (Å²) in [6, 6.07) is 31.0. The van der Waals surface area contributed by atoms with Crippen LogP contribution in [0.2, 0.25) is 0 Å². The summed E-state index contributed by atoms with van der Waals surface area (Å²) in [6.45, 7) is 0. The second-order valence-electron chi connectivity index (χ2n) is 9.93. The molecular weight excluding hydrogens is 505 g/mol. The van der Waals surface area contributed by atoms with Crippen molar-refractivity contribution in [3.63, 3.8) is 0 Å². The minimum Gasteiger partial charge on any atom is -0.497 e. The van der Waals surface area contributed by atoms with E-state index in [1.54, 1.807) is 14.2 Å². The van der Waals surface area contributed by atoms with Gasteiger partial charge in [0.2, 0.25) is 0 Å². The van der Waals surface area contributed by atoms with Crippen molar-refractivity contribution in [2.24, 2.45) is 0 Å². The Balaban J connectivity index is 1.12. The molecule has 4 aromatic carbocycles. The lowest BCUT2D eigenvalue weighted by Gasteiger charge is -2.25. The van der Waals surface area contributed by atoms with Crippen molar-refractivity contribution < 1.29 is 9.47 Å². The van der Waals surface area contributed by atoms with Crippen LogP contribution < -0.4 is 9.47 Å². The van der Waals surface area contributed by atoms with Gasteiger partial charge in [-0.15, -0.1) is 22.7 Å². The van der Waals surface area contributed by atoms with Crippen LogP contribution in [0.5, 0.6) is 11.5 Å². The summed E-state index contributed by atoms with van der Waals surface area (Å²) < 4.78 is 13.5. The van der Waals surface area contributed by atoms with Crippen LogP contribution in [0.25, 0.3) is 42.4 Å². The molecule has 0 saturated carbocycles. The average Bonchev–Trinajstić information content (AvgIpc) is 3.55. The molecule has 0 atom stereocenters. The summed E-state index contributed by atoms with van der Waals surface area (Å²) >= 11 is 3.94. The molecule has 2 heterocycles. The number of methoxy groups -OCH3 is 2. The first-order valence-corrected chi connectivity index (χ1v) is 14.7. The Morgan fingerprint density at radius 1 is 0.500 bits per heavy atom. The van der Waals surface area contributed by atoms with E-state index in [1.807, 2.05) is 22.7 Å². The molecule has 0 spiro atoms. The molecule has 4 heteroatoms. The second-order valence-corrected chi connectivity index (χ2v) is 12.2. The number of ether oxygens (including phenoxy) is 2. The van der Waals surface area contributed by atoms with Crippen molar-refractivity contribution in [2.75, 3.05) is 14.2 Å². The van der Waals surface area contributed by atoms with E-state index >= 15 is 0 Å². The highest BCUT2D eigenvalue weighted by atomic mass is 32.1. The number of hydrogen-bond acceptors (Lipinski definition) is 4. The molecule has 6 aromatic rings. The zero-order valence-electron chi connectivity index (χ0n) is 21.5. The Morgan fingerprint density at radius 3 is 1.32 bits per heavy atom. The molecule has 0 aliphatic heterocycles. The number of thiophene rings is 2. The predicted molar refractivity (Wildman–Crippen MR) is 162 cm³/mol. The standard InChI is InChI=1S/C34H28O2S2/c1-35-25-11-3-21(4-12-25)7-15-27-19-23-9-17-29-31(33(23)37-27)30-18-10-24-20-28(38-34(24)32(29)30)16-8-22-5-13-26(36-2)14-6-22/h3-6,9-14,17-20H,7-8,15-16H2,1-2H3. The van der Waals surface area contributed by atoms with Crippen LogP contribution in [-0.4, -0.2) is 14.2 Å². The maximum atomic E-state index is 5.30. The van der Waals surface area contributed by atoms with Gasteiger partial charge in [0.05, 0.1) is 14.2 Å². The minimum absolute atomic E-state index is 0.915. The van der Waals surface area contributed by atoms with Gasteiger partial charge in [-0.1, -0.05) is 48.5 Å². The monoisotopic (exact) mass is 532 g/mol. The molecule has 0 unspecified atom stereocenters. The van der Waals surface area contributed by atoms with Gasteiger partial charge in [-0.25, -0.2) is 0 Å². The summed E-state index contributed by atoms with van der Waals surface area (Å²) in [5.41, 5.74) is 8.45. The normalized spacial score (nSPS) is 11.8. The fourth-order valence-corrected chi connectivity index (χ4v) is 8.01. The highest BCUT2D eigenvalue weighted by Gasteiger charge is 2.28. The van der Waals surface area contributed by atoms with Crippen LogP contribution in [0.15, 0.2) is 84.9 Å². The van der Waals surface area contributed by atoms with Gasteiger partial charge in [-0.3, -0.25) is 0 Å². The summed E-state index contributed by atoms with van der Waals surface area (Å²) in [4.78, 5) is 2.91. The summed E-state index contributed by atoms with van der Waals surface area (Å²) in [7, 11) is 3.43. The van der Waals surface area contributed by atoms with Gasteiger partial charge in [0.25, 0.3) is 0 Å². The van der Waals surface area contributed by atoms with Crippen LogP contribution in [0.4, 0.5) is 0 Å². The molecule has 0 saturated heterocycles. The average molecular weight is 533 g/mol. The van der Waals surface area contributed by atoms with E-state index < -0.39 is 0 Å². The van der Waals surface area contributed by atoms with E-state index in [1.165, 1.54) is 63.3 Å². The van der Waals surface area contributed by atoms with E-state index in [0.717, 1.165) is 37.2 Å². The molecular formula is C34H28O2S2. The third-order valence-electron chi connectivity index (χ3n) is 7.65. The second kappa shape index (κ2) is 9.61. The van der Waals surface area contributed by atoms with Crippen LogP contribution in [0.3, 0.4) is 0 Å². The van der Waals surface area contributed by atoms with Gasteiger partial charge in [0, 0.05) is 30.3 Å². The smallest absolute Gasteiger partial charge is 0.118 e. The first-order chi connectivity index (χ1) is 18.7. The van der Waals surface area contributed by atoms with Crippen molar-refractivity contribution >= 4 is 42.8 Å². The maximum absolute atomic E-state index is 5.30. The SMILES string of the molecule is COc1ccc(CCc2cc3ccc4c(c3s2)-c2ccc3cc(CCc5ccc(OC)cc5)sc3c2-4)cc1. The van der Waals surface area contributed by atoms with Gasteiger partial charge >= 0.3 is 0 Å². The predicted octanol–water partition coefficient (Wildman–Crippen LogP) is 9.35. The Labute approximate surface area is 231 Å². The molecule has 2 aromatic heterocycles. The topological polar surface area (TPSA) is 18.5 Å². The van der Waals surface area contributed by atoms with E-state index in [2.05, 4.69) is 84.9 Å². The maximum Gasteiger partial charge on any atom is 0.118 e. The van der Waals surface area contributed by atoms with Gasteiger partial charge in [0.1, 0.15) is 11.5 Å². The number of hydrogen-bond donors (Lipinski definition) is 0. The van der Waals surface area contributed by atoms with E-state index in [-0.39, 0.29) is 0 Å². The van der Waals surface area contributed by atoms with Crippen LogP contribution in [0, 0.1) is 0 Å². The van der Waals surface area contributed by atoms with E-state index in [0.29, 0.717) is 0 Å². The molecule has 38 heavy (non-hydrogen) atoms. The van der Waals surface area contributed by atoms with Crippen molar-refractivity contribution in [1.82, 2.24) is 0 Å². The number of rotatable bonds is 8. The fraction of sp³-hybridized carbons (Fsp3) is 0.176. The quantitative estimate of drug-likeness (QED) is 0.194. The largest absolute Gasteiger partial charge is 0.497 e. The first kappa shape index (κ1) is 23.5. The van der Waals surface area contributed by atoms with Gasteiger partial charge in [-0.2, -0.15) is 0 Å². The molecule has 0 radical (unpaired) electrons. The van der Waals surface area contributed by atoms with Crippen LogP contribution >= 0.6 is 22.7 Å². The molecule has 7 rings (SSSR count). The molecule has 0 N–H and O–H groups in total. The molecule has 1 aliphatic rings. The lowest BCUT2D eigenvalue weighted by atomic mass is 9.79. The Hall–Kier alpha value is -3.60. The van der Waals surface area contributed by atoms with Crippen molar-refractivity contribution in [3.05, 3.63) is 106 Å². The molecule has 0 bridgehead atoms. The fourth-order valence-electron chi connectivity index (χ4n) is 5.57. The highest BCUT2D eigenvalue weighted by molar-refractivity contribution is 7.20. The molecule has 0 fully saturated rings. The molecule has 2 nitrogen and oxygen atoms in total. The Bertz CT molecular complexity index is 1620. The third-order valence-corrected chi connectivity index (χ3v) is 10.1. The Morgan fingerprint density at radius 2 is 0.921 bits per heavy atom. The molecule has 0 amide bonds. The third kappa shape index (κ3) is 4.09. The minimum atomic E-state index is 0.915. The van der Waals surface area contributed by atoms with Crippen molar-refractivity contribution in [1.29, 1.82) is 0 Å². The van der Waals surface area contributed by atoms with Gasteiger partial charge in [-0.05, 0) is 95.1 Å². The number of fused-ring (bicyclic) bond motifs is 8. The summed E-state index contributed by atoms with van der Waals surface area (Å²) in [5.74, 6) is 1.83. The summed E-state index contributed by atoms with van der Waals surface area (Å²) in [5, 5.41) is 2.74. The number of benzene rings is 4. The van der Waals surface area contributed by atoms with Crippen LogP contribution in [0.1, 0.15) is 20.9 Å². The van der Waals surface area contributed by atoms with Crippen LogP contribution in [-0.2, 0) is 25.7 Å². The Kier molecular flexibility index (Phi) is 5.95. The van der Waals surface area contributed by atoms with Gasteiger partial charge < -0.3 is 9.47 Å². The van der Waals surface area contributed by atoms with E-state index in [9.17, 15) is 0 Å². The molecule has 188 valence electrons.